The van der Waals surface area contributed by atoms with Gasteiger partial charge in [-0.3, -0.25) is 9.59 Å². The Morgan fingerprint density at radius 2 is 2.00 bits per heavy atom. The van der Waals surface area contributed by atoms with Crippen molar-refractivity contribution in [2.75, 3.05) is 6.61 Å². The van der Waals surface area contributed by atoms with Crippen molar-refractivity contribution < 1.29 is 14.3 Å². The molecule has 3 heteroatoms. The summed E-state index contributed by atoms with van der Waals surface area (Å²) in [7, 11) is 0. The Labute approximate surface area is 134 Å². The second kappa shape index (κ2) is 5.82. The minimum atomic E-state index is -0.294. The van der Waals surface area contributed by atoms with Crippen LogP contribution in [0.5, 0.6) is 0 Å². The molecule has 0 amide bonds. The van der Waals surface area contributed by atoms with Gasteiger partial charge in [-0.25, -0.2) is 0 Å². The van der Waals surface area contributed by atoms with E-state index in [0.29, 0.717) is 12.5 Å². The van der Waals surface area contributed by atoms with E-state index in [1.807, 2.05) is 13.0 Å². The molecule has 3 atom stereocenters. The zero-order valence-electron chi connectivity index (χ0n) is 14.9. The molecule has 0 spiro atoms. The Bertz CT molecular complexity index is 501. The fraction of sp³-hybridized carbons (Fsp3) is 0.789. The molecule has 124 valence electrons. The number of fused-ring (bicyclic) bond motifs is 2. The van der Waals surface area contributed by atoms with Gasteiger partial charge in [0.05, 0.1) is 12.5 Å². The van der Waals surface area contributed by atoms with Crippen LogP contribution >= 0.6 is 0 Å². The number of ether oxygens (including phenoxy) is 1. The summed E-state index contributed by atoms with van der Waals surface area (Å²) in [5.41, 5.74) is 0.616. The van der Waals surface area contributed by atoms with Crippen molar-refractivity contribution in [2.24, 2.45) is 28.6 Å². The second-order valence-corrected chi connectivity index (χ2v) is 8.08. The van der Waals surface area contributed by atoms with Crippen LogP contribution in [0.15, 0.2) is 11.6 Å². The third-order valence-corrected chi connectivity index (χ3v) is 6.06. The van der Waals surface area contributed by atoms with Crippen LogP contribution in [0.4, 0.5) is 0 Å². The number of hydrogen-bond donors (Lipinski definition) is 0. The number of allylic oxidation sites excluding steroid dienone is 1. The standard InChI is InChI=1S/C19H30O3/c1-7-22-17(21)13(10-12(2)3)11-14-15-8-9-19(6,16(14)20)18(15,4)5/h11-13,15H,7-10H2,1-6H3/b14-11-/t13-,15+,19+/m0/s1. The highest BCUT2D eigenvalue weighted by molar-refractivity contribution is 6.05. The first-order chi connectivity index (χ1) is 10.1. The molecule has 0 aromatic heterocycles. The van der Waals surface area contributed by atoms with Gasteiger partial charge in [-0.05, 0) is 49.0 Å². The van der Waals surface area contributed by atoms with Crippen LogP contribution in [0.1, 0.15) is 60.8 Å². The minimum absolute atomic E-state index is 0.00699. The molecule has 2 rings (SSSR count). The van der Waals surface area contributed by atoms with Crippen molar-refractivity contribution in [3.05, 3.63) is 11.6 Å². The summed E-state index contributed by atoms with van der Waals surface area (Å²) in [5.74, 6) is 0.448. The van der Waals surface area contributed by atoms with Crippen molar-refractivity contribution >= 4 is 11.8 Å². The van der Waals surface area contributed by atoms with E-state index in [9.17, 15) is 9.59 Å². The number of carbonyl (C=O) groups is 2. The maximum atomic E-state index is 12.9. The minimum Gasteiger partial charge on any atom is -0.466 e. The Kier molecular flexibility index (Phi) is 4.56. The molecule has 0 radical (unpaired) electrons. The SMILES string of the molecule is CCOC(=O)[C@H](/C=C1\C(=O)[C@@]2(C)CC[C@H]1C2(C)C)CC(C)C. The lowest BCUT2D eigenvalue weighted by Gasteiger charge is -2.31. The van der Waals surface area contributed by atoms with E-state index in [-0.39, 0.29) is 34.4 Å². The van der Waals surface area contributed by atoms with Gasteiger partial charge in [0.1, 0.15) is 0 Å². The van der Waals surface area contributed by atoms with Gasteiger partial charge in [-0.1, -0.05) is 40.7 Å². The topological polar surface area (TPSA) is 43.4 Å². The van der Waals surface area contributed by atoms with Crippen LogP contribution in [0.3, 0.4) is 0 Å². The summed E-state index contributed by atoms with van der Waals surface area (Å²) in [6.45, 7) is 12.9. The van der Waals surface area contributed by atoms with Gasteiger partial charge in [0, 0.05) is 5.41 Å². The maximum Gasteiger partial charge on any atom is 0.312 e. The number of ketones is 1. The van der Waals surface area contributed by atoms with Gasteiger partial charge in [0.2, 0.25) is 0 Å². The van der Waals surface area contributed by atoms with E-state index in [1.165, 1.54) is 0 Å². The molecule has 2 fully saturated rings. The molecule has 2 bridgehead atoms. The molecule has 0 unspecified atom stereocenters. The Balaban J connectivity index is 2.33. The molecule has 0 aromatic rings. The molecule has 22 heavy (non-hydrogen) atoms. The zero-order valence-corrected chi connectivity index (χ0v) is 14.9. The van der Waals surface area contributed by atoms with E-state index in [2.05, 4.69) is 34.6 Å². The molecule has 0 aromatic carbocycles. The van der Waals surface area contributed by atoms with Crippen molar-refractivity contribution in [1.29, 1.82) is 0 Å². The molecule has 2 aliphatic rings. The van der Waals surface area contributed by atoms with E-state index < -0.39 is 0 Å². The third-order valence-electron chi connectivity index (χ3n) is 6.06. The number of esters is 1. The average molecular weight is 306 g/mol. The highest BCUT2D eigenvalue weighted by Crippen LogP contribution is 2.65. The van der Waals surface area contributed by atoms with E-state index in [1.54, 1.807) is 0 Å². The van der Waals surface area contributed by atoms with E-state index >= 15 is 0 Å². The van der Waals surface area contributed by atoms with Crippen LogP contribution in [0, 0.1) is 28.6 Å². The normalized spacial score (nSPS) is 32.8. The molecule has 0 N–H and O–H groups in total. The summed E-state index contributed by atoms with van der Waals surface area (Å²) in [6.07, 6.45) is 4.70. The highest BCUT2D eigenvalue weighted by Gasteiger charge is 2.63. The fourth-order valence-corrected chi connectivity index (χ4v) is 4.33. The summed E-state index contributed by atoms with van der Waals surface area (Å²) >= 11 is 0. The van der Waals surface area contributed by atoms with Crippen LogP contribution in [0.2, 0.25) is 0 Å². The van der Waals surface area contributed by atoms with Crippen molar-refractivity contribution in [1.82, 2.24) is 0 Å². The maximum absolute atomic E-state index is 12.9. The number of Topliss-reactive ketones (excluding diaryl/α,β-unsaturated/α-hetero) is 1. The van der Waals surface area contributed by atoms with Gasteiger partial charge in [0.25, 0.3) is 0 Å². The van der Waals surface area contributed by atoms with Crippen molar-refractivity contribution in [2.45, 2.75) is 60.8 Å². The lowest BCUT2D eigenvalue weighted by atomic mass is 9.70. The first kappa shape index (κ1) is 17.2. The fourth-order valence-electron chi connectivity index (χ4n) is 4.33. The predicted octanol–water partition coefficient (Wildman–Crippen LogP) is 4.16. The van der Waals surface area contributed by atoms with Crippen molar-refractivity contribution in [3.63, 3.8) is 0 Å². The predicted molar refractivity (Wildman–Crippen MR) is 87.3 cm³/mol. The molecule has 0 heterocycles. The number of rotatable bonds is 5. The van der Waals surface area contributed by atoms with Gasteiger partial charge >= 0.3 is 5.97 Å². The molecule has 0 aliphatic heterocycles. The van der Waals surface area contributed by atoms with Gasteiger partial charge < -0.3 is 4.74 Å². The lowest BCUT2D eigenvalue weighted by molar-refractivity contribution is -0.146. The van der Waals surface area contributed by atoms with E-state index in [0.717, 1.165) is 24.8 Å². The lowest BCUT2D eigenvalue weighted by Crippen LogP contribution is -2.32. The Hall–Kier alpha value is -1.12. The van der Waals surface area contributed by atoms with E-state index in [4.69, 9.17) is 4.74 Å². The molecular weight excluding hydrogens is 276 g/mol. The molecule has 0 saturated heterocycles. The average Bonchev–Trinajstić information content (AvgIpc) is 2.72. The molecular formula is C19H30O3. The van der Waals surface area contributed by atoms with Crippen LogP contribution in [0.25, 0.3) is 0 Å². The first-order valence-corrected chi connectivity index (χ1v) is 8.58. The van der Waals surface area contributed by atoms with Crippen LogP contribution in [-0.2, 0) is 14.3 Å². The Morgan fingerprint density at radius 3 is 2.45 bits per heavy atom. The summed E-state index contributed by atoms with van der Waals surface area (Å²) in [4.78, 5) is 25.1. The summed E-state index contributed by atoms with van der Waals surface area (Å²) < 4.78 is 5.21. The zero-order chi connectivity index (χ0) is 16.7. The summed E-state index contributed by atoms with van der Waals surface area (Å²) in [6, 6.07) is 0. The number of hydrogen-bond acceptors (Lipinski definition) is 3. The van der Waals surface area contributed by atoms with Crippen molar-refractivity contribution in [3.8, 4) is 0 Å². The second-order valence-electron chi connectivity index (χ2n) is 8.08. The first-order valence-electron chi connectivity index (χ1n) is 8.58. The molecule has 2 saturated carbocycles. The monoisotopic (exact) mass is 306 g/mol. The highest BCUT2D eigenvalue weighted by atomic mass is 16.5. The van der Waals surface area contributed by atoms with Gasteiger partial charge in [0.15, 0.2) is 5.78 Å². The summed E-state index contributed by atoms with van der Waals surface area (Å²) in [5, 5.41) is 0. The van der Waals surface area contributed by atoms with Crippen LogP contribution < -0.4 is 0 Å². The van der Waals surface area contributed by atoms with Crippen LogP contribution in [-0.4, -0.2) is 18.4 Å². The third kappa shape index (κ3) is 2.53. The Morgan fingerprint density at radius 1 is 1.36 bits per heavy atom. The molecule has 2 aliphatic carbocycles. The quantitative estimate of drug-likeness (QED) is 0.566. The van der Waals surface area contributed by atoms with Gasteiger partial charge in [-0.15, -0.1) is 0 Å². The number of carbonyl (C=O) groups excluding carboxylic acids is 2. The largest absolute Gasteiger partial charge is 0.466 e. The van der Waals surface area contributed by atoms with Gasteiger partial charge in [-0.2, -0.15) is 0 Å². The smallest absolute Gasteiger partial charge is 0.312 e. The molecule has 3 nitrogen and oxygen atoms in total.